The van der Waals surface area contributed by atoms with Gasteiger partial charge in [0.1, 0.15) is 0 Å². The third kappa shape index (κ3) is 4.91. The average molecular weight is 590 g/mol. The van der Waals surface area contributed by atoms with Gasteiger partial charge in [0.05, 0.1) is 0 Å². The minimum atomic E-state index is 0.0148. The minimum absolute atomic E-state index is 0.0148. The molecule has 0 N–H and O–H groups in total. The molecular formula is C45H35N. The van der Waals surface area contributed by atoms with Crippen molar-refractivity contribution in [2.45, 2.75) is 19.3 Å². The summed E-state index contributed by atoms with van der Waals surface area (Å²) < 4.78 is 0. The van der Waals surface area contributed by atoms with E-state index in [1.165, 1.54) is 55.6 Å². The van der Waals surface area contributed by atoms with Crippen LogP contribution in [0.3, 0.4) is 0 Å². The highest BCUT2D eigenvalue weighted by atomic mass is 15.1. The molecule has 0 aromatic heterocycles. The molecule has 0 spiro atoms. The van der Waals surface area contributed by atoms with E-state index in [9.17, 15) is 0 Å². The van der Waals surface area contributed by atoms with E-state index in [1.54, 1.807) is 0 Å². The van der Waals surface area contributed by atoms with Gasteiger partial charge in [-0.05, 0) is 98.1 Å². The Hall–Kier alpha value is -5.66. The van der Waals surface area contributed by atoms with Crippen LogP contribution in [0.2, 0.25) is 0 Å². The number of benzene rings is 7. The molecule has 1 aliphatic rings. The zero-order valence-corrected chi connectivity index (χ0v) is 26.2. The Morgan fingerprint density at radius 1 is 0.326 bits per heavy atom. The molecular weight excluding hydrogens is 555 g/mol. The van der Waals surface area contributed by atoms with E-state index in [1.807, 2.05) is 0 Å². The lowest BCUT2D eigenvalue weighted by molar-refractivity contribution is 0.660. The Labute approximate surface area is 272 Å². The molecule has 220 valence electrons. The monoisotopic (exact) mass is 589 g/mol. The van der Waals surface area contributed by atoms with Crippen LogP contribution in [-0.2, 0) is 5.41 Å². The standard InChI is InChI=1S/C45H35N/c1-45(2)43-16-10-9-15-41(43)42-31-37(23-30-44(42)45)36-21-28-40(29-22-36)46(38-24-17-34(18-25-38)32-11-5-3-6-12-32)39-26-19-35(20-27-39)33-13-7-4-8-14-33/h3-31H,1-2H3. The fourth-order valence-corrected chi connectivity index (χ4v) is 7.02. The molecule has 8 rings (SSSR count). The van der Waals surface area contributed by atoms with E-state index in [-0.39, 0.29) is 5.41 Å². The zero-order chi connectivity index (χ0) is 31.1. The molecule has 0 saturated carbocycles. The second-order valence-electron chi connectivity index (χ2n) is 12.6. The summed E-state index contributed by atoms with van der Waals surface area (Å²) >= 11 is 0. The lowest BCUT2D eigenvalue weighted by Crippen LogP contribution is -2.14. The Kier molecular flexibility index (Phi) is 6.88. The van der Waals surface area contributed by atoms with Gasteiger partial charge in [-0.25, -0.2) is 0 Å². The highest BCUT2D eigenvalue weighted by Crippen LogP contribution is 2.49. The smallest absolute Gasteiger partial charge is 0.0462 e. The van der Waals surface area contributed by atoms with E-state index in [0.717, 1.165) is 17.1 Å². The summed E-state index contributed by atoms with van der Waals surface area (Å²) in [4.78, 5) is 2.34. The molecule has 0 saturated heterocycles. The molecule has 1 aliphatic carbocycles. The van der Waals surface area contributed by atoms with Crippen LogP contribution in [0, 0.1) is 0 Å². The van der Waals surface area contributed by atoms with Crippen LogP contribution in [-0.4, -0.2) is 0 Å². The van der Waals surface area contributed by atoms with Crippen molar-refractivity contribution in [3.05, 3.63) is 187 Å². The first-order valence-corrected chi connectivity index (χ1v) is 16.0. The Morgan fingerprint density at radius 2 is 0.696 bits per heavy atom. The summed E-state index contributed by atoms with van der Waals surface area (Å²) in [6, 6.07) is 63.7. The molecule has 0 radical (unpaired) electrons. The molecule has 0 atom stereocenters. The normalized spacial score (nSPS) is 12.7. The van der Waals surface area contributed by atoms with E-state index < -0.39 is 0 Å². The van der Waals surface area contributed by atoms with Crippen molar-refractivity contribution in [3.8, 4) is 44.5 Å². The van der Waals surface area contributed by atoms with Crippen molar-refractivity contribution in [2.75, 3.05) is 4.90 Å². The van der Waals surface area contributed by atoms with Gasteiger partial charge < -0.3 is 4.90 Å². The fraction of sp³-hybridized carbons (Fsp3) is 0.0667. The van der Waals surface area contributed by atoms with Gasteiger partial charge >= 0.3 is 0 Å². The van der Waals surface area contributed by atoms with Crippen LogP contribution < -0.4 is 4.90 Å². The maximum atomic E-state index is 2.38. The topological polar surface area (TPSA) is 3.24 Å². The van der Waals surface area contributed by atoms with Crippen LogP contribution >= 0.6 is 0 Å². The van der Waals surface area contributed by atoms with Crippen molar-refractivity contribution in [1.82, 2.24) is 0 Å². The third-order valence-corrected chi connectivity index (χ3v) is 9.51. The summed E-state index contributed by atoms with van der Waals surface area (Å²) in [5, 5.41) is 0. The molecule has 0 heterocycles. The van der Waals surface area contributed by atoms with E-state index >= 15 is 0 Å². The van der Waals surface area contributed by atoms with Gasteiger partial charge in [0.25, 0.3) is 0 Å². The summed E-state index contributed by atoms with van der Waals surface area (Å²) in [5.74, 6) is 0. The third-order valence-electron chi connectivity index (χ3n) is 9.51. The lowest BCUT2D eigenvalue weighted by Gasteiger charge is -2.26. The SMILES string of the molecule is CC1(C)c2ccccc2-c2cc(-c3ccc(N(c4ccc(-c5ccccc5)cc4)c4ccc(-c5ccccc5)cc4)cc3)ccc21. The highest BCUT2D eigenvalue weighted by molar-refractivity contribution is 5.85. The second-order valence-corrected chi connectivity index (χ2v) is 12.6. The summed E-state index contributed by atoms with van der Waals surface area (Å²) in [7, 11) is 0. The first-order chi connectivity index (χ1) is 22.6. The van der Waals surface area contributed by atoms with E-state index in [4.69, 9.17) is 0 Å². The molecule has 0 unspecified atom stereocenters. The van der Waals surface area contributed by atoms with Crippen LogP contribution in [0.1, 0.15) is 25.0 Å². The van der Waals surface area contributed by atoms with Crippen molar-refractivity contribution < 1.29 is 0 Å². The maximum absolute atomic E-state index is 2.38. The van der Waals surface area contributed by atoms with Gasteiger partial charge in [0.15, 0.2) is 0 Å². The molecule has 0 bridgehead atoms. The van der Waals surface area contributed by atoms with Crippen LogP contribution in [0.25, 0.3) is 44.5 Å². The molecule has 1 nitrogen and oxygen atoms in total. The quantitative estimate of drug-likeness (QED) is 0.186. The molecule has 7 aromatic rings. The lowest BCUT2D eigenvalue weighted by atomic mass is 9.82. The number of hydrogen-bond donors (Lipinski definition) is 0. The first-order valence-electron chi connectivity index (χ1n) is 16.0. The molecule has 0 aliphatic heterocycles. The van der Waals surface area contributed by atoms with Gasteiger partial charge in [-0.2, -0.15) is 0 Å². The molecule has 46 heavy (non-hydrogen) atoms. The summed E-state index contributed by atoms with van der Waals surface area (Å²) in [6.07, 6.45) is 0. The molecule has 7 aromatic carbocycles. The van der Waals surface area contributed by atoms with Gasteiger partial charge in [-0.15, -0.1) is 0 Å². The minimum Gasteiger partial charge on any atom is -0.311 e. The summed E-state index contributed by atoms with van der Waals surface area (Å²) in [6.45, 7) is 4.67. The summed E-state index contributed by atoms with van der Waals surface area (Å²) in [5.41, 5.74) is 16.2. The molecule has 1 heteroatoms. The molecule has 0 amide bonds. The van der Waals surface area contributed by atoms with E-state index in [2.05, 4.69) is 195 Å². The molecule has 0 fully saturated rings. The van der Waals surface area contributed by atoms with Crippen LogP contribution in [0.5, 0.6) is 0 Å². The first kappa shape index (κ1) is 27.9. The fourth-order valence-electron chi connectivity index (χ4n) is 7.02. The number of nitrogens with zero attached hydrogens (tertiary/aromatic N) is 1. The zero-order valence-electron chi connectivity index (χ0n) is 26.2. The van der Waals surface area contributed by atoms with Gasteiger partial charge in [-0.1, -0.05) is 147 Å². The van der Waals surface area contributed by atoms with Gasteiger partial charge in [-0.3, -0.25) is 0 Å². The van der Waals surface area contributed by atoms with Crippen molar-refractivity contribution >= 4 is 17.1 Å². The Bertz CT molecular complexity index is 2040. The predicted octanol–water partition coefficient (Wildman–Crippen LogP) is 12.5. The highest BCUT2D eigenvalue weighted by Gasteiger charge is 2.35. The number of anilines is 3. The van der Waals surface area contributed by atoms with E-state index in [0.29, 0.717) is 0 Å². The largest absolute Gasteiger partial charge is 0.311 e. The number of hydrogen-bond acceptors (Lipinski definition) is 1. The van der Waals surface area contributed by atoms with Crippen LogP contribution in [0.4, 0.5) is 17.1 Å². The Morgan fingerprint density at radius 3 is 1.20 bits per heavy atom. The van der Waals surface area contributed by atoms with Gasteiger partial charge in [0.2, 0.25) is 0 Å². The maximum Gasteiger partial charge on any atom is 0.0462 e. The van der Waals surface area contributed by atoms with Crippen molar-refractivity contribution in [1.29, 1.82) is 0 Å². The second kappa shape index (κ2) is 11.4. The average Bonchev–Trinajstić information content (AvgIpc) is 3.36. The predicted molar refractivity (Wildman–Crippen MR) is 195 cm³/mol. The van der Waals surface area contributed by atoms with Crippen molar-refractivity contribution in [2.24, 2.45) is 0 Å². The van der Waals surface area contributed by atoms with Crippen molar-refractivity contribution in [3.63, 3.8) is 0 Å². The Balaban J connectivity index is 1.16. The van der Waals surface area contributed by atoms with Gasteiger partial charge in [0, 0.05) is 22.5 Å². The number of fused-ring (bicyclic) bond motifs is 3. The number of rotatable bonds is 6. The van der Waals surface area contributed by atoms with Crippen LogP contribution in [0.15, 0.2) is 176 Å².